The molecule has 0 heterocycles. The highest BCUT2D eigenvalue weighted by molar-refractivity contribution is 14.1. The van der Waals surface area contributed by atoms with Crippen molar-refractivity contribution in [3.05, 3.63) is 143 Å². The fraction of sp³-hybridized carbons (Fsp3) is 0.309. The van der Waals surface area contributed by atoms with E-state index in [2.05, 4.69) is 22.6 Å². The van der Waals surface area contributed by atoms with Gasteiger partial charge in [0.2, 0.25) is 11.6 Å². The Kier molecular flexibility index (Phi) is 16.6. The molecule has 0 aromatic heterocycles. The second-order valence-electron chi connectivity index (χ2n) is 21.3. The Hall–Kier alpha value is -7.65. The Bertz CT molecular complexity index is 3700. The molecule has 4 aromatic rings. The molecule has 16 N–H and O–H groups in total. The second-order valence-corrected chi connectivity index (χ2v) is 22.4. The molecule has 4 aromatic carbocycles. The number of fused-ring (bicyclic) bond motifs is 6. The van der Waals surface area contributed by atoms with Crippen LogP contribution in [0.25, 0.3) is 22.6 Å². The molecule has 0 unspecified atom stereocenters. The van der Waals surface area contributed by atoms with E-state index in [4.69, 9.17) is 27.2 Å². The summed E-state index contributed by atoms with van der Waals surface area (Å²) in [6, 6.07) is 4.57. The van der Waals surface area contributed by atoms with Crippen LogP contribution in [0, 0.1) is 62.1 Å². The largest absolute Gasteiger partial charge is 0.508 e. The minimum Gasteiger partial charge on any atom is -0.508 e. The molecular formula is C55H51BF6IN5O16. The molecule has 84 heavy (non-hydrogen) atoms. The van der Waals surface area contributed by atoms with Crippen LogP contribution in [0.4, 0.5) is 26.3 Å². The zero-order chi connectivity index (χ0) is 62.6. The lowest BCUT2D eigenvalue weighted by Crippen LogP contribution is -2.65. The first kappa shape index (κ1) is 62.4. The van der Waals surface area contributed by atoms with E-state index in [1.165, 1.54) is 36.0 Å². The molecule has 6 aliphatic carbocycles. The molecule has 8 atom stereocenters. The van der Waals surface area contributed by atoms with Crippen molar-refractivity contribution in [1.29, 1.82) is 0 Å². The molecule has 0 saturated heterocycles. The number of aliphatic hydroxyl groups is 6. The number of primary amides is 2. The lowest BCUT2D eigenvalue weighted by Gasteiger charge is -2.50. The number of Topliss-reactive ketones (excluding diaryl/α,β-unsaturated/α-hetero) is 4. The number of benzene rings is 4. The number of hydrogen-bond donors (Lipinski definition) is 13. The zero-order valence-electron chi connectivity index (χ0n) is 44.3. The van der Waals surface area contributed by atoms with Gasteiger partial charge in [-0.25, -0.2) is 26.3 Å². The number of aliphatic hydroxyl groups excluding tert-OH is 4. The van der Waals surface area contributed by atoms with Crippen molar-refractivity contribution >= 4 is 81.6 Å². The average molecular weight is 1290 g/mol. The van der Waals surface area contributed by atoms with Gasteiger partial charge in [0, 0.05) is 38.7 Å². The topological polar surface area (TPSA) is 389 Å². The van der Waals surface area contributed by atoms with Crippen molar-refractivity contribution in [2.24, 2.45) is 40.9 Å². The van der Waals surface area contributed by atoms with E-state index in [1.807, 2.05) is 0 Å². The van der Waals surface area contributed by atoms with Gasteiger partial charge in [0.05, 0.1) is 23.2 Å². The van der Waals surface area contributed by atoms with Crippen LogP contribution in [0.1, 0.15) is 40.7 Å². The maximum Gasteiger partial charge on any atom is 0.488 e. The van der Waals surface area contributed by atoms with Crippen LogP contribution < -0.4 is 22.7 Å². The van der Waals surface area contributed by atoms with Gasteiger partial charge in [0.15, 0.2) is 57.7 Å². The summed E-state index contributed by atoms with van der Waals surface area (Å²) in [5.41, 5.74) is 8.77. The number of carbonyl (C=O) groups is 6. The van der Waals surface area contributed by atoms with Gasteiger partial charge in [-0.3, -0.25) is 38.6 Å². The molecule has 0 spiro atoms. The van der Waals surface area contributed by atoms with E-state index in [-0.39, 0.29) is 70.5 Å². The lowest BCUT2D eigenvalue weighted by molar-refractivity contribution is -0.155. The predicted molar refractivity (Wildman–Crippen MR) is 291 cm³/mol. The number of aromatic hydroxyl groups is 2. The summed E-state index contributed by atoms with van der Waals surface area (Å²) in [4.78, 5) is 80.5. The Labute approximate surface area is 485 Å². The number of phenols is 2. The number of likely N-dealkylation sites (N-methyl/N-ethyl adjacent to an activating group) is 2. The van der Waals surface area contributed by atoms with Crippen molar-refractivity contribution < 1.29 is 106 Å². The SMILES string of the molecule is CN(C)[C@@H]1C(=O)C(C(N)=O)=C(O)[C@@]2(O)C(=O)C3=C(O)c4c(O)c(CN)cc(-c5cc(F)c(F)c(F)c5)c4C[C@H]3C[C@@H]12.CN(C)[C@@H]1C(=O)C(C(N)=O)=C(O)[C@@]2(O)C(=O)C3=C(O)c4c(O)ccc(I)c4C[C@H]3C[C@@H]12.OB(O)c1cc(F)c(F)c(F)c1. The molecule has 10 rings (SSSR count). The van der Waals surface area contributed by atoms with E-state index in [1.54, 1.807) is 20.2 Å². The highest BCUT2D eigenvalue weighted by Gasteiger charge is 2.66. The summed E-state index contributed by atoms with van der Waals surface area (Å²) in [6.45, 7) is -0.303. The molecule has 0 radical (unpaired) electrons. The van der Waals surface area contributed by atoms with Crippen LogP contribution in [0.5, 0.6) is 11.5 Å². The van der Waals surface area contributed by atoms with Crippen LogP contribution in [-0.4, -0.2) is 154 Å². The summed E-state index contributed by atoms with van der Waals surface area (Å²) in [6.07, 6.45) is 0.0539. The number of carbonyl (C=O) groups excluding carboxylic acids is 6. The maximum absolute atomic E-state index is 14.2. The first-order chi connectivity index (χ1) is 39.1. The van der Waals surface area contributed by atoms with Crippen molar-refractivity contribution in [2.75, 3.05) is 28.2 Å². The summed E-state index contributed by atoms with van der Waals surface area (Å²) in [5, 5.41) is 105. The highest BCUT2D eigenvalue weighted by atomic mass is 127. The van der Waals surface area contributed by atoms with Gasteiger partial charge < -0.3 is 68.1 Å². The number of nitrogens with zero attached hydrogens (tertiary/aromatic N) is 2. The molecule has 2 fully saturated rings. The van der Waals surface area contributed by atoms with E-state index < -0.39 is 175 Å². The number of ketones is 4. The number of nitrogens with two attached hydrogens (primary N) is 3. The first-order valence-electron chi connectivity index (χ1n) is 25.1. The van der Waals surface area contributed by atoms with E-state index in [0.29, 0.717) is 24.1 Å². The number of phenolic OH excluding ortho intramolecular Hbond substituents is 2. The third-order valence-corrected chi connectivity index (χ3v) is 17.2. The van der Waals surface area contributed by atoms with Gasteiger partial charge in [-0.15, -0.1) is 0 Å². The molecule has 21 nitrogen and oxygen atoms in total. The smallest absolute Gasteiger partial charge is 0.488 e. The van der Waals surface area contributed by atoms with Crippen molar-refractivity contribution in [2.45, 2.75) is 55.5 Å². The summed E-state index contributed by atoms with van der Waals surface area (Å²) in [5.74, 6) is -23.9. The quantitative estimate of drug-likeness (QED) is 0.0413. The number of amides is 2. The normalized spacial score (nSPS) is 25.2. The number of rotatable bonds is 7. The first-order valence-corrected chi connectivity index (χ1v) is 26.2. The van der Waals surface area contributed by atoms with Gasteiger partial charge in [0.1, 0.15) is 45.7 Å². The van der Waals surface area contributed by atoms with Gasteiger partial charge >= 0.3 is 7.12 Å². The third-order valence-electron chi connectivity index (χ3n) is 16.2. The molecule has 444 valence electrons. The van der Waals surface area contributed by atoms with E-state index >= 15 is 0 Å². The molecule has 29 heteroatoms. The third kappa shape index (κ3) is 9.68. The van der Waals surface area contributed by atoms with Crippen molar-refractivity contribution in [3.63, 3.8) is 0 Å². The Morgan fingerprint density at radius 3 is 1.44 bits per heavy atom. The van der Waals surface area contributed by atoms with Crippen LogP contribution in [0.2, 0.25) is 0 Å². The fourth-order valence-electron chi connectivity index (χ4n) is 12.4. The average Bonchev–Trinajstić information content (AvgIpc) is 0.748. The van der Waals surface area contributed by atoms with Crippen LogP contribution in [-0.2, 0) is 48.2 Å². The Morgan fingerprint density at radius 1 is 0.643 bits per heavy atom. The molecule has 2 saturated carbocycles. The minimum absolute atomic E-state index is 0.0176. The standard InChI is InChI=1S/C28H26F3N3O7.C21H21IN2O7.C6H4BF3O2/c1-34(2)21-14-5-10-3-13-12(9-6-15(29)20(31)16(30)7-9)4-11(8-32)22(35)18(13)23(36)17(10)25(38)28(14,41)26(39)19(24(21)37)27(33)40;1-24(2)15-9-6-7-5-8-10(22)3-4-11(25)13(8)16(26)12(7)18(28)21(9,31)19(29)14(17(15)27)20(23)30;8-4-1-3(7(11)12)2-5(9)6(4)10/h4,6-7,10,14,21,35-36,39,41H,3,5,8,32H2,1-2H3,(H2,33,40);3-4,7,9,15,25-26,29,31H,5-6H2,1-2H3,(H2,23,30);1-2,11-12H/t10-,14-,21-,28-;7-,9-,15-,21-;/m00./s1. The molecular weight excluding hydrogens is 1240 g/mol. The lowest BCUT2D eigenvalue weighted by atomic mass is 9.57. The van der Waals surface area contributed by atoms with Crippen molar-refractivity contribution in [1.82, 2.24) is 9.80 Å². The Balaban J connectivity index is 0.000000188. The zero-order valence-corrected chi connectivity index (χ0v) is 46.5. The van der Waals surface area contributed by atoms with Gasteiger partial charge in [-0.1, -0.05) is 0 Å². The predicted octanol–water partition coefficient (Wildman–Crippen LogP) is 1.86. The van der Waals surface area contributed by atoms with Gasteiger partial charge in [-0.2, -0.15) is 0 Å². The van der Waals surface area contributed by atoms with Crippen LogP contribution in [0.3, 0.4) is 0 Å². The van der Waals surface area contributed by atoms with E-state index in [9.17, 15) is 96.0 Å². The fourth-order valence-corrected chi connectivity index (χ4v) is 13.1. The summed E-state index contributed by atoms with van der Waals surface area (Å²) >= 11 is 2.07. The molecule has 0 aliphatic heterocycles. The van der Waals surface area contributed by atoms with Crippen molar-refractivity contribution in [3.8, 4) is 22.6 Å². The van der Waals surface area contributed by atoms with Crippen LogP contribution in [0.15, 0.2) is 76.3 Å². The molecule has 6 aliphatic rings. The minimum atomic E-state index is -2.82. The highest BCUT2D eigenvalue weighted by Crippen LogP contribution is 2.56. The molecule has 0 bridgehead atoms. The summed E-state index contributed by atoms with van der Waals surface area (Å²) in [7, 11) is 4.06. The summed E-state index contributed by atoms with van der Waals surface area (Å²) < 4.78 is 79.9. The maximum atomic E-state index is 14.2. The van der Waals surface area contributed by atoms with E-state index in [0.717, 1.165) is 15.7 Å². The van der Waals surface area contributed by atoms with Gasteiger partial charge in [-0.05, 0) is 158 Å². The Morgan fingerprint density at radius 2 is 1.05 bits per heavy atom. The number of hydrogen-bond acceptors (Lipinski definition) is 19. The monoisotopic (exact) mass is 1290 g/mol. The van der Waals surface area contributed by atoms with Gasteiger partial charge in [0.25, 0.3) is 11.8 Å². The second kappa shape index (κ2) is 22.4. The van der Waals surface area contributed by atoms with Crippen LogP contribution >= 0.6 is 22.6 Å². The molecule has 2 amide bonds. The number of halogens is 7.